The molecule has 0 saturated carbocycles. The number of carbonyl (C=O) groups is 3. The third kappa shape index (κ3) is 4.11. The zero-order valence-electron chi connectivity index (χ0n) is 20.6. The zero-order valence-corrected chi connectivity index (χ0v) is 20.6. The molecular weight excluding hydrogens is 454 g/mol. The van der Waals surface area contributed by atoms with Crippen molar-refractivity contribution < 1.29 is 14.4 Å². The van der Waals surface area contributed by atoms with Crippen LogP contribution >= 0.6 is 0 Å². The van der Waals surface area contributed by atoms with Crippen molar-refractivity contribution in [2.45, 2.75) is 33.2 Å². The van der Waals surface area contributed by atoms with Gasteiger partial charge in [-0.1, -0.05) is 42.5 Å². The van der Waals surface area contributed by atoms with Gasteiger partial charge < -0.3 is 10.6 Å². The van der Waals surface area contributed by atoms with Gasteiger partial charge in [0.2, 0.25) is 5.91 Å². The highest BCUT2D eigenvalue weighted by molar-refractivity contribution is 6.10. The number of anilines is 1. The van der Waals surface area contributed by atoms with E-state index >= 15 is 0 Å². The highest BCUT2D eigenvalue weighted by Gasteiger charge is 2.49. The van der Waals surface area contributed by atoms with Crippen LogP contribution in [-0.2, 0) is 15.1 Å². The molecule has 0 aliphatic carbocycles. The first kappa shape index (κ1) is 23.3. The lowest BCUT2D eigenvalue weighted by atomic mass is 9.90. The molecule has 1 fully saturated rings. The van der Waals surface area contributed by atoms with E-state index in [1.807, 2.05) is 75.4 Å². The molecular formula is C28H27N5O3. The number of amides is 4. The van der Waals surface area contributed by atoms with Crippen molar-refractivity contribution in [2.75, 3.05) is 11.9 Å². The Bertz CT molecular complexity index is 1520. The molecule has 1 atom stereocenters. The molecule has 0 bridgehead atoms. The first-order chi connectivity index (χ1) is 17.1. The summed E-state index contributed by atoms with van der Waals surface area (Å²) in [6.07, 6.45) is 0. The summed E-state index contributed by atoms with van der Waals surface area (Å²) in [4.78, 5) is 40.1. The van der Waals surface area contributed by atoms with Crippen molar-refractivity contribution in [3.63, 3.8) is 0 Å². The Morgan fingerprint density at radius 2 is 1.64 bits per heavy atom. The average Bonchev–Trinajstić information content (AvgIpc) is 3.30. The third-order valence-corrected chi connectivity index (χ3v) is 6.45. The van der Waals surface area contributed by atoms with Gasteiger partial charge in [-0.25, -0.2) is 9.48 Å². The Hall–Kier alpha value is -4.46. The van der Waals surface area contributed by atoms with Crippen LogP contribution in [0.4, 0.5) is 10.6 Å². The van der Waals surface area contributed by atoms with Crippen molar-refractivity contribution in [1.82, 2.24) is 20.0 Å². The number of carbonyl (C=O) groups excluding carboxylic acids is 3. The first-order valence-corrected chi connectivity index (χ1v) is 11.7. The quantitative estimate of drug-likeness (QED) is 0.414. The summed E-state index contributed by atoms with van der Waals surface area (Å²) in [6, 6.07) is 20.6. The maximum atomic E-state index is 13.4. The van der Waals surface area contributed by atoms with E-state index in [0.29, 0.717) is 11.4 Å². The molecule has 5 rings (SSSR count). The molecule has 8 heteroatoms. The fourth-order valence-electron chi connectivity index (χ4n) is 4.72. The molecule has 2 heterocycles. The van der Waals surface area contributed by atoms with E-state index in [1.54, 1.807) is 17.7 Å². The van der Waals surface area contributed by atoms with Crippen LogP contribution in [0.25, 0.3) is 16.5 Å². The lowest BCUT2D eigenvalue weighted by Gasteiger charge is -2.22. The molecule has 4 amide bonds. The molecule has 1 saturated heterocycles. The lowest BCUT2D eigenvalue weighted by molar-refractivity contribution is -0.133. The number of rotatable bonds is 5. The van der Waals surface area contributed by atoms with Crippen LogP contribution in [0.15, 0.2) is 66.7 Å². The van der Waals surface area contributed by atoms with Crippen LogP contribution < -0.4 is 10.6 Å². The fourth-order valence-corrected chi connectivity index (χ4v) is 4.72. The van der Waals surface area contributed by atoms with Gasteiger partial charge in [0, 0.05) is 6.07 Å². The predicted molar refractivity (Wildman–Crippen MR) is 138 cm³/mol. The van der Waals surface area contributed by atoms with Gasteiger partial charge in [-0.2, -0.15) is 5.10 Å². The van der Waals surface area contributed by atoms with Crippen molar-refractivity contribution in [3.05, 3.63) is 89.1 Å². The first-order valence-electron chi connectivity index (χ1n) is 11.7. The van der Waals surface area contributed by atoms with E-state index in [9.17, 15) is 14.4 Å². The number of nitrogens with zero attached hydrogens (tertiary/aromatic N) is 3. The molecule has 36 heavy (non-hydrogen) atoms. The number of urea groups is 1. The van der Waals surface area contributed by atoms with Crippen molar-refractivity contribution in [1.29, 1.82) is 0 Å². The predicted octanol–water partition coefficient (Wildman–Crippen LogP) is 4.36. The summed E-state index contributed by atoms with van der Waals surface area (Å²) in [6.45, 7) is 7.07. The van der Waals surface area contributed by atoms with Crippen molar-refractivity contribution >= 4 is 34.4 Å². The Morgan fingerprint density at radius 1 is 0.944 bits per heavy atom. The molecule has 182 valence electrons. The molecule has 8 nitrogen and oxygen atoms in total. The fraction of sp³-hybridized carbons (Fsp3) is 0.214. The van der Waals surface area contributed by atoms with E-state index < -0.39 is 29.9 Å². The van der Waals surface area contributed by atoms with Gasteiger partial charge in [0.1, 0.15) is 17.9 Å². The second kappa shape index (κ2) is 8.64. The molecule has 4 aromatic rings. The van der Waals surface area contributed by atoms with Crippen LogP contribution in [0.5, 0.6) is 0 Å². The van der Waals surface area contributed by atoms with Crippen LogP contribution in [-0.4, -0.2) is 39.1 Å². The lowest BCUT2D eigenvalue weighted by Crippen LogP contribution is -2.42. The Balaban J connectivity index is 1.36. The highest BCUT2D eigenvalue weighted by Crippen LogP contribution is 2.31. The van der Waals surface area contributed by atoms with Gasteiger partial charge in [-0.3, -0.25) is 14.5 Å². The smallest absolute Gasteiger partial charge is 0.319 e. The largest absolute Gasteiger partial charge is 0.325 e. The minimum Gasteiger partial charge on any atom is -0.319 e. The number of aromatic nitrogens is 2. The van der Waals surface area contributed by atoms with Gasteiger partial charge in [0.05, 0.1) is 11.4 Å². The van der Waals surface area contributed by atoms with Crippen LogP contribution in [0.1, 0.15) is 29.3 Å². The van der Waals surface area contributed by atoms with Gasteiger partial charge in [0.25, 0.3) is 5.91 Å². The van der Waals surface area contributed by atoms with Gasteiger partial charge in [-0.15, -0.1) is 0 Å². The monoisotopic (exact) mass is 481 g/mol. The summed E-state index contributed by atoms with van der Waals surface area (Å²) in [5.74, 6) is -0.504. The second-order valence-electron chi connectivity index (χ2n) is 9.49. The van der Waals surface area contributed by atoms with E-state index in [0.717, 1.165) is 38.2 Å². The third-order valence-electron chi connectivity index (χ3n) is 6.45. The molecule has 2 N–H and O–H groups in total. The van der Waals surface area contributed by atoms with Crippen LogP contribution in [0.2, 0.25) is 0 Å². The molecule has 1 aliphatic heterocycles. The summed E-state index contributed by atoms with van der Waals surface area (Å²) < 4.78 is 1.65. The standard InChI is InChI=1S/C28H27N5O3/c1-17-11-18(2)13-23(12-17)33-24(14-19(3)31-33)29-25(34)16-32-26(35)28(4,30-27(32)36)22-10-9-20-7-5-6-8-21(20)15-22/h5-15H,16H2,1-4H3,(H,29,34)(H,30,36). The van der Waals surface area contributed by atoms with Gasteiger partial charge in [0.15, 0.2) is 0 Å². The van der Waals surface area contributed by atoms with E-state index in [4.69, 9.17) is 0 Å². The molecule has 3 aromatic carbocycles. The summed E-state index contributed by atoms with van der Waals surface area (Å²) in [5.41, 5.74) is 3.08. The number of hydrogen-bond donors (Lipinski definition) is 2. The Morgan fingerprint density at radius 3 is 2.36 bits per heavy atom. The summed E-state index contributed by atoms with van der Waals surface area (Å²) in [5, 5.41) is 12.1. The second-order valence-corrected chi connectivity index (χ2v) is 9.49. The Labute approximate surface area is 208 Å². The van der Waals surface area contributed by atoms with E-state index in [1.165, 1.54) is 0 Å². The number of benzene rings is 3. The normalized spacial score (nSPS) is 17.5. The van der Waals surface area contributed by atoms with E-state index in [2.05, 4.69) is 21.8 Å². The average molecular weight is 482 g/mol. The molecule has 0 radical (unpaired) electrons. The van der Waals surface area contributed by atoms with Gasteiger partial charge >= 0.3 is 6.03 Å². The highest BCUT2D eigenvalue weighted by atomic mass is 16.2. The van der Waals surface area contributed by atoms with Crippen molar-refractivity contribution in [2.24, 2.45) is 0 Å². The van der Waals surface area contributed by atoms with Crippen molar-refractivity contribution in [3.8, 4) is 5.69 Å². The minimum absolute atomic E-state index is 0.412. The van der Waals surface area contributed by atoms with Gasteiger partial charge in [-0.05, 0) is 73.4 Å². The van der Waals surface area contributed by atoms with Crippen LogP contribution in [0.3, 0.4) is 0 Å². The minimum atomic E-state index is -1.27. The van der Waals surface area contributed by atoms with Crippen LogP contribution in [0, 0.1) is 20.8 Å². The number of hydrogen-bond acceptors (Lipinski definition) is 4. The number of nitrogens with one attached hydrogen (secondary N) is 2. The SMILES string of the molecule is Cc1cc(C)cc(-n2nc(C)cc2NC(=O)CN2C(=O)NC(C)(c3ccc4ccccc4c3)C2=O)c1. The number of fused-ring (bicyclic) bond motifs is 1. The number of imide groups is 1. The molecule has 1 unspecified atom stereocenters. The number of aryl methyl sites for hydroxylation is 3. The molecule has 1 aromatic heterocycles. The maximum absolute atomic E-state index is 13.4. The molecule has 1 aliphatic rings. The summed E-state index contributed by atoms with van der Waals surface area (Å²) in [7, 11) is 0. The molecule has 0 spiro atoms. The van der Waals surface area contributed by atoms with E-state index in [-0.39, 0.29) is 0 Å². The topological polar surface area (TPSA) is 96.3 Å². The zero-order chi connectivity index (χ0) is 25.6. The summed E-state index contributed by atoms with van der Waals surface area (Å²) >= 11 is 0. The Kier molecular flexibility index (Phi) is 5.59. The maximum Gasteiger partial charge on any atom is 0.325 e.